The highest BCUT2D eigenvalue weighted by atomic mass is 16.4. The lowest BCUT2D eigenvalue weighted by molar-refractivity contribution is 0.0698. The maximum absolute atomic E-state index is 11.4. The summed E-state index contributed by atoms with van der Waals surface area (Å²) < 4.78 is 1.68. The Morgan fingerprint density at radius 3 is 2.50 bits per heavy atom. The van der Waals surface area contributed by atoms with Crippen molar-refractivity contribution in [2.45, 2.75) is 6.92 Å². The number of rotatable bonds is 2. The van der Waals surface area contributed by atoms with E-state index in [0.29, 0.717) is 16.5 Å². The number of para-hydroxylation sites is 1. The van der Waals surface area contributed by atoms with Gasteiger partial charge < -0.3 is 9.67 Å². The number of benzene rings is 1. The average Bonchev–Trinajstić information content (AvgIpc) is 2.56. The van der Waals surface area contributed by atoms with Gasteiger partial charge in [0, 0.05) is 24.2 Å². The summed E-state index contributed by atoms with van der Waals surface area (Å²) in [6, 6.07) is 4.95. The van der Waals surface area contributed by atoms with Crippen molar-refractivity contribution in [1.29, 1.82) is 0 Å². The van der Waals surface area contributed by atoms with Crippen LogP contribution in [0, 0.1) is 0 Å². The summed E-state index contributed by atoms with van der Waals surface area (Å²) in [6.07, 6.45) is 1.67. The Kier molecular flexibility index (Phi) is 2.27. The van der Waals surface area contributed by atoms with E-state index >= 15 is 0 Å². The molecule has 2 rings (SSSR count). The Morgan fingerprint density at radius 1 is 1.25 bits per heavy atom. The van der Waals surface area contributed by atoms with E-state index in [-0.39, 0.29) is 11.3 Å². The van der Waals surface area contributed by atoms with Crippen molar-refractivity contribution in [3.8, 4) is 0 Å². The predicted octanol–water partition coefficient (Wildman–Crippen LogP) is 2.08. The lowest BCUT2D eigenvalue weighted by Gasteiger charge is -2.00. The van der Waals surface area contributed by atoms with Crippen molar-refractivity contribution < 1.29 is 14.7 Å². The number of aryl methyl sites for hydroxylation is 1. The zero-order valence-corrected chi connectivity index (χ0v) is 9.02. The molecule has 0 aliphatic carbocycles. The Morgan fingerprint density at radius 2 is 1.94 bits per heavy atom. The van der Waals surface area contributed by atoms with Crippen LogP contribution in [0.15, 0.2) is 24.4 Å². The first-order chi connectivity index (χ1) is 7.52. The van der Waals surface area contributed by atoms with E-state index in [0.717, 1.165) is 0 Å². The van der Waals surface area contributed by atoms with Gasteiger partial charge in [-0.25, -0.2) is 4.79 Å². The molecule has 0 aliphatic rings. The van der Waals surface area contributed by atoms with Gasteiger partial charge in [-0.05, 0) is 13.0 Å². The number of aromatic nitrogens is 1. The van der Waals surface area contributed by atoms with Crippen LogP contribution >= 0.6 is 0 Å². The van der Waals surface area contributed by atoms with Crippen molar-refractivity contribution in [2.75, 3.05) is 0 Å². The molecule has 0 bridgehead atoms. The quantitative estimate of drug-likeness (QED) is 0.783. The Labute approximate surface area is 92.1 Å². The molecule has 0 amide bonds. The van der Waals surface area contributed by atoms with Crippen LogP contribution in [0.5, 0.6) is 0 Å². The third-order valence-corrected chi connectivity index (χ3v) is 2.61. The zero-order valence-electron chi connectivity index (χ0n) is 9.02. The first-order valence-corrected chi connectivity index (χ1v) is 4.84. The normalized spacial score (nSPS) is 10.6. The van der Waals surface area contributed by atoms with Crippen LogP contribution < -0.4 is 0 Å². The van der Waals surface area contributed by atoms with E-state index in [1.54, 1.807) is 29.9 Å². The fourth-order valence-corrected chi connectivity index (χ4v) is 1.92. The number of carbonyl (C=O) groups is 2. The van der Waals surface area contributed by atoms with Crippen molar-refractivity contribution in [3.63, 3.8) is 0 Å². The summed E-state index contributed by atoms with van der Waals surface area (Å²) in [4.78, 5) is 22.4. The Balaban J connectivity index is 2.90. The second-order valence-corrected chi connectivity index (χ2v) is 3.72. The van der Waals surface area contributed by atoms with Crippen LogP contribution in [-0.2, 0) is 7.05 Å². The smallest absolute Gasteiger partial charge is 0.337 e. The number of fused-ring (bicyclic) bond motifs is 1. The highest BCUT2D eigenvalue weighted by Gasteiger charge is 2.16. The number of carboxylic acid groups (broad SMARTS) is 1. The first-order valence-electron chi connectivity index (χ1n) is 4.84. The fraction of sp³-hybridized carbons (Fsp3) is 0.167. The summed E-state index contributed by atoms with van der Waals surface area (Å²) in [5.41, 5.74) is 1.35. The molecule has 0 saturated carbocycles. The minimum Gasteiger partial charge on any atom is -0.478 e. The number of ketones is 1. The second-order valence-electron chi connectivity index (χ2n) is 3.72. The molecule has 4 heteroatoms. The molecular weight excluding hydrogens is 206 g/mol. The van der Waals surface area contributed by atoms with Crippen molar-refractivity contribution >= 4 is 22.7 Å². The number of carboxylic acids is 1. The van der Waals surface area contributed by atoms with Crippen LogP contribution in [-0.4, -0.2) is 21.4 Å². The molecule has 1 aromatic heterocycles. The molecule has 1 aromatic carbocycles. The van der Waals surface area contributed by atoms with E-state index in [2.05, 4.69) is 0 Å². The first kappa shape index (κ1) is 10.4. The molecule has 82 valence electrons. The third kappa shape index (κ3) is 1.39. The minimum absolute atomic E-state index is 0.0619. The second kappa shape index (κ2) is 3.48. The number of hydrogen-bond donors (Lipinski definition) is 1. The molecule has 4 nitrogen and oxygen atoms in total. The lowest BCUT2D eigenvalue weighted by atomic mass is 10.1. The Bertz CT molecular complexity index is 596. The van der Waals surface area contributed by atoms with Gasteiger partial charge in [-0.1, -0.05) is 12.1 Å². The summed E-state index contributed by atoms with van der Waals surface area (Å²) in [5.74, 6) is -1.05. The number of Topliss-reactive ketones (excluding diaryl/α,β-unsaturated/α-hetero) is 1. The van der Waals surface area contributed by atoms with Crippen LogP contribution in [0.4, 0.5) is 0 Å². The fourth-order valence-electron chi connectivity index (χ4n) is 1.92. The average molecular weight is 217 g/mol. The maximum Gasteiger partial charge on any atom is 0.337 e. The van der Waals surface area contributed by atoms with Gasteiger partial charge in [0.25, 0.3) is 0 Å². The largest absolute Gasteiger partial charge is 0.478 e. The van der Waals surface area contributed by atoms with Crippen LogP contribution in [0.25, 0.3) is 10.9 Å². The van der Waals surface area contributed by atoms with Crippen LogP contribution in [0.2, 0.25) is 0 Å². The Hall–Kier alpha value is -2.10. The molecule has 0 unspecified atom stereocenters. The van der Waals surface area contributed by atoms with E-state index in [9.17, 15) is 9.59 Å². The molecule has 2 aromatic rings. The van der Waals surface area contributed by atoms with Gasteiger partial charge in [0.05, 0.1) is 11.1 Å². The zero-order chi connectivity index (χ0) is 11.9. The molecule has 0 fully saturated rings. The van der Waals surface area contributed by atoms with Gasteiger partial charge in [0.15, 0.2) is 5.78 Å². The van der Waals surface area contributed by atoms with Crippen LogP contribution in [0.3, 0.4) is 0 Å². The molecule has 16 heavy (non-hydrogen) atoms. The van der Waals surface area contributed by atoms with E-state index in [1.807, 2.05) is 0 Å². The van der Waals surface area contributed by atoms with Crippen molar-refractivity contribution in [1.82, 2.24) is 4.57 Å². The highest BCUT2D eigenvalue weighted by molar-refractivity contribution is 6.11. The van der Waals surface area contributed by atoms with E-state index in [1.165, 1.54) is 13.0 Å². The summed E-state index contributed by atoms with van der Waals surface area (Å²) in [5, 5.41) is 9.75. The molecule has 1 N–H and O–H groups in total. The topological polar surface area (TPSA) is 59.3 Å². The summed E-state index contributed by atoms with van der Waals surface area (Å²) >= 11 is 0. The van der Waals surface area contributed by atoms with Gasteiger partial charge >= 0.3 is 5.97 Å². The molecule has 0 atom stereocenters. The number of aromatic carboxylic acids is 1. The standard InChI is InChI=1S/C12H11NO3/c1-7(14)10-6-13(2)11-8(10)4-3-5-9(11)12(15)16/h3-6H,1-2H3,(H,15,16). The van der Waals surface area contributed by atoms with Gasteiger partial charge in [-0.15, -0.1) is 0 Å². The van der Waals surface area contributed by atoms with Gasteiger partial charge in [-0.2, -0.15) is 0 Å². The summed E-state index contributed by atoms with van der Waals surface area (Å²) in [7, 11) is 1.74. The van der Waals surface area contributed by atoms with Crippen molar-refractivity contribution in [3.05, 3.63) is 35.5 Å². The van der Waals surface area contributed by atoms with Gasteiger partial charge in [0.1, 0.15) is 0 Å². The van der Waals surface area contributed by atoms with Gasteiger partial charge in [-0.3, -0.25) is 4.79 Å². The number of nitrogens with zero attached hydrogens (tertiary/aromatic N) is 1. The lowest BCUT2D eigenvalue weighted by Crippen LogP contribution is -1.99. The molecule has 0 aliphatic heterocycles. The molecular formula is C12H11NO3. The number of carbonyl (C=O) groups excluding carboxylic acids is 1. The third-order valence-electron chi connectivity index (χ3n) is 2.61. The molecule has 0 saturated heterocycles. The van der Waals surface area contributed by atoms with Gasteiger partial charge in [0.2, 0.25) is 0 Å². The SMILES string of the molecule is CC(=O)c1cn(C)c2c(C(=O)O)cccc12. The van der Waals surface area contributed by atoms with E-state index < -0.39 is 5.97 Å². The number of hydrogen-bond acceptors (Lipinski definition) is 2. The predicted molar refractivity (Wildman–Crippen MR) is 59.9 cm³/mol. The molecule has 0 spiro atoms. The maximum atomic E-state index is 11.4. The highest BCUT2D eigenvalue weighted by Crippen LogP contribution is 2.24. The summed E-state index contributed by atoms with van der Waals surface area (Å²) in [6.45, 7) is 1.47. The van der Waals surface area contributed by atoms with Crippen molar-refractivity contribution in [2.24, 2.45) is 7.05 Å². The molecule has 1 heterocycles. The van der Waals surface area contributed by atoms with E-state index in [4.69, 9.17) is 5.11 Å². The molecule has 0 radical (unpaired) electrons. The monoisotopic (exact) mass is 217 g/mol. The minimum atomic E-state index is -0.984. The van der Waals surface area contributed by atoms with Crippen LogP contribution in [0.1, 0.15) is 27.6 Å².